The number of benzene rings is 1. The molecule has 2 heterocycles. The molecule has 0 radical (unpaired) electrons. The zero-order chi connectivity index (χ0) is 18.7. The number of nitro benzene ring substituents is 1. The number of aromatic nitrogens is 2. The third kappa shape index (κ3) is 4.35. The van der Waals surface area contributed by atoms with Crippen LogP contribution >= 0.6 is 0 Å². The van der Waals surface area contributed by atoms with Crippen LogP contribution in [0.2, 0.25) is 0 Å². The second-order valence-corrected chi connectivity index (χ2v) is 7.07. The molecule has 0 N–H and O–H groups in total. The number of aryl methyl sites for hydroxylation is 1. The van der Waals surface area contributed by atoms with Gasteiger partial charge in [0.15, 0.2) is 0 Å². The zero-order valence-corrected chi connectivity index (χ0v) is 15.6. The Morgan fingerprint density at radius 3 is 2.35 bits per heavy atom. The van der Waals surface area contributed by atoms with Crippen molar-refractivity contribution in [2.75, 3.05) is 31.1 Å². The molecule has 1 fully saturated rings. The Labute approximate surface area is 153 Å². The van der Waals surface area contributed by atoms with Gasteiger partial charge in [-0.1, -0.05) is 26.0 Å². The average Bonchev–Trinajstić information content (AvgIpc) is 2.62. The first-order valence-electron chi connectivity index (χ1n) is 8.98. The van der Waals surface area contributed by atoms with Crippen molar-refractivity contribution in [3.63, 3.8) is 0 Å². The largest absolute Gasteiger partial charge is 0.354 e. The normalized spacial score (nSPS) is 15.5. The van der Waals surface area contributed by atoms with Gasteiger partial charge in [0.05, 0.1) is 4.92 Å². The molecule has 2 aromatic rings. The second kappa shape index (κ2) is 7.78. The predicted octanol–water partition coefficient (Wildman–Crippen LogP) is 3.14. The van der Waals surface area contributed by atoms with Gasteiger partial charge in [0, 0.05) is 62.5 Å². The lowest BCUT2D eigenvalue weighted by Crippen LogP contribution is -2.46. The number of nitrogens with zero attached hydrogens (tertiary/aromatic N) is 5. The van der Waals surface area contributed by atoms with Crippen LogP contribution in [0.3, 0.4) is 0 Å². The Morgan fingerprint density at radius 2 is 1.77 bits per heavy atom. The van der Waals surface area contributed by atoms with Gasteiger partial charge in [0.25, 0.3) is 5.69 Å². The summed E-state index contributed by atoms with van der Waals surface area (Å²) in [5, 5.41) is 10.7. The molecule has 0 spiro atoms. The monoisotopic (exact) mass is 355 g/mol. The van der Waals surface area contributed by atoms with Crippen molar-refractivity contribution in [2.24, 2.45) is 0 Å². The van der Waals surface area contributed by atoms with E-state index < -0.39 is 0 Å². The molecule has 0 aliphatic carbocycles. The number of piperazine rings is 1. The molecule has 1 aromatic carbocycles. The Bertz CT molecular complexity index is 768. The maximum Gasteiger partial charge on any atom is 0.269 e. The summed E-state index contributed by atoms with van der Waals surface area (Å²) < 4.78 is 0. The average molecular weight is 355 g/mol. The van der Waals surface area contributed by atoms with E-state index in [0.717, 1.165) is 55.6 Å². The van der Waals surface area contributed by atoms with E-state index in [0.29, 0.717) is 5.92 Å². The van der Waals surface area contributed by atoms with E-state index in [9.17, 15) is 10.1 Å². The molecule has 26 heavy (non-hydrogen) atoms. The smallest absolute Gasteiger partial charge is 0.269 e. The summed E-state index contributed by atoms with van der Waals surface area (Å²) in [5.41, 5.74) is 2.25. The van der Waals surface area contributed by atoms with Gasteiger partial charge >= 0.3 is 0 Å². The molecule has 7 heteroatoms. The topological polar surface area (TPSA) is 75.4 Å². The third-order valence-electron chi connectivity index (χ3n) is 4.62. The van der Waals surface area contributed by atoms with E-state index in [1.54, 1.807) is 12.1 Å². The Balaban J connectivity index is 1.60. The first kappa shape index (κ1) is 18.3. The van der Waals surface area contributed by atoms with Crippen molar-refractivity contribution in [1.82, 2.24) is 14.9 Å². The van der Waals surface area contributed by atoms with Crippen molar-refractivity contribution in [1.29, 1.82) is 0 Å². The van der Waals surface area contributed by atoms with E-state index in [4.69, 9.17) is 4.98 Å². The van der Waals surface area contributed by atoms with Gasteiger partial charge in [-0.25, -0.2) is 9.97 Å². The van der Waals surface area contributed by atoms with Crippen LogP contribution in [0, 0.1) is 17.0 Å². The molecular weight excluding hydrogens is 330 g/mol. The van der Waals surface area contributed by atoms with Crippen molar-refractivity contribution in [3.05, 3.63) is 57.5 Å². The molecule has 0 unspecified atom stereocenters. The van der Waals surface area contributed by atoms with Crippen molar-refractivity contribution >= 4 is 11.5 Å². The van der Waals surface area contributed by atoms with Crippen LogP contribution in [0.1, 0.15) is 36.8 Å². The number of hydrogen-bond donors (Lipinski definition) is 0. The minimum absolute atomic E-state index is 0.138. The summed E-state index contributed by atoms with van der Waals surface area (Å²) in [4.78, 5) is 24.3. The van der Waals surface area contributed by atoms with E-state index in [1.165, 1.54) is 0 Å². The molecule has 1 aliphatic heterocycles. The quantitative estimate of drug-likeness (QED) is 0.606. The van der Waals surface area contributed by atoms with Gasteiger partial charge in [0.2, 0.25) is 0 Å². The SMILES string of the molecule is Cc1cc(N2CCN(Cc3ccc([N+](=O)[O-])cc3)CC2)nc(C(C)C)n1. The minimum atomic E-state index is -0.363. The molecule has 0 atom stereocenters. The van der Waals surface area contributed by atoms with Crippen LogP contribution in [0.4, 0.5) is 11.5 Å². The highest BCUT2D eigenvalue weighted by atomic mass is 16.6. The predicted molar refractivity (Wildman–Crippen MR) is 101 cm³/mol. The van der Waals surface area contributed by atoms with Crippen LogP contribution in [-0.4, -0.2) is 46.0 Å². The highest BCUT2D eigenvalue weighted by Gasteiger charge is 2.19. The van der Waals surface area contributed by atoms with E-state index in [-0.39, 0.29) is 10.6 Å². The van der Waals surface area contributed by atoms with Gasteiger partial charge in [-0.15, -0.1) is 0 Å². The first-order valence-corrected chi connectivity index (χ1v) is 8.98. The fourth-order valence-corrected chi connectivity index (χ4v) is 3.11. The Hall–Kier alpha value is -2.54. The lowest BCUT2D eigenvalue weighted by molar-refractivity contribution is -0.384. The number of non-ortho nitro benzene ring substituents is 1. The van der Waals surface area contributed by atoms with Gasteiger partial charge in [-0.2, -0.15) is 0 Å². The van der Waals surface area contributed by atoms with Crippen LogP contribution in [0.15, 0.2) is 30.3 Å². The summed E-state index contributed by atoms with van der Waals surface area (Å²) in [5.74, 6) is 2.22. The van der Waals surface area contributed by atoms with Gasteiger partial charge in [-0.05, 0) is 12.5 Å². The highest BCUT2D eigenvalue weighted by Crippen LogP contribution is 2.20. The van der Waals surface area contributed by atoms with Crippen LogP contribution in [0.5, 0.6) is 0 Å². The third-order valence-corrected chi connectivity index (χ3v) is 4.62. The molecular formula is C19H25N5O2. The van der Waals surface area contributed by atoms with Crippen LogP contribution < -0.4 is 4.90 Å². The molecule has 3 rings (SSSR count). The number of rotatable bonds is 5. The van der Waals surface area contributed by atoms with E-state index >= 15 is 0 Å². The molecule has 1 aliphatic rings. The maximum absolute atomic E-state index is 10.7. The zero-order valence-electron chi connectivity index (χ0n) is 15.6. The second-order valence-electron chi connectivity index (χ2n) is 7.07. The molecule has 1 saturated heterocycles. The summed E-state index contributed by atoms with van der Waals surface area (Å²) in [6.45, 7) is 10.8. The van der Waals surface area contributed by atoms with Crippen LogP contribution in [-0.2, 0) is 6.54 Å². The molecule has 7 nitrogen and oxygen atoms in total. The fraction of sp³-hybridized carbons (Fsp3) is 0.474. The van der Waals surface area contributed by atoms with Gasteiger partial charge in [0.1, 0.15) is 11.6 Å². The van der Waals surface area contributed by atoms with E-state index in [2.05, 4.69) is 34.7 Å². The summed E-state index contributed by atoms with van der Waals surface area (Å²) in [6.07, 6.45) is 0. The van der Waals surface area contributed by atoms with Gasteiger partial charge in [-0.3, -0.25) is 15.0 Å². The standard InChI is InChI=1S/C19H25N5O2/c1-14(2)19-20-15(3)12-18(21-19)23-10-8-22(9-11-23)13-16-4-6-17(7-5-16)24(25)26/h4-7,12,14H,8-11,13H2,1-3H3. The first-order chi connectivity index (χ1) is 12.4. The summed E-state index contributed by atoms with van der Waals surface area (Å²) >= 11 is 0. The molecule has 138 valence electrons. The minimum Gasteiger partial charge on any atom is -0.354 e. The Morgan fingerprint density at radius 1 is 1.12 bits per heavy atom. The van der Waals surface area contributed by atoms with Crippen molar-refractivity contribution < 1.29 is 4.92 Å². The summed E-state index contributed by atoms with van der Waals surface area (Å²) in [7, 11) is 0. The van der Waals surface area contributed by atoms with Crippen molar-refractivity contribution in [2.45, 2.75) is 33.2 Å². The van der Waals surface area contributed by atoms with Crippen molar-refractivity contribution in [3.8, 4) is 0 Å². The number of hydrogen-bond acceptors (Lipinski definition) is 6. The molecule has 0 bridgehead atoms. The summed E-state index contributed by atoms with van der Waals surface area (Å²) in [6, 6.07) is 8.88. The maximum atomic E-state index is 10.7. The Kier molecular flexibility index (Phi) is 5.46. The highest BCUT2D eigenvalue weighted by molar-refractivity contribution is 5.40. The molecule has 0 saturated carbocycles. The fourth-order valence-electron chi connectivity index (χ4n) is 3.11. The van der Waals surface area contributed by atoms with Gasteiger partial charge < -0.3 is 4.90 Å². The molecule has 1 aromatic heterocycles. The number of nitro groups is 1. The molecule has 0 amide bonds. The lowest BCUT2D eigenvalue weighted by Gasteiger charge is -2.35. The van der Waals surface area contributed by atoms with Crippen LogP contribution in [0.25, 0.3) is 0 Å². The number of anilines is 1. The lowest BCUT2D eigenvalue weighted by atomic mass is 10.1. The van der Waals surface area contributed by atoms with E-state index in [1.807, 2.05) is 19.1 Å².